The Hall–Kier alpha value is -3.71. The van der Waals surface area contributed by atoms with Gasteiger partial charge < -0.3 is 25.2 Å². The highest BCUT2D eigenvalue weighted by atomic mass is 35.5. The molecule has 4 rings (SSSR count). The third kappa shape index (κ3) is 5.31. The lowest BCUT2D eigenvalue weighted by molar-refractivity contribution is -0.145. The highest BCUT2D eigenvalue weighted by molar-refractivity contribution is 6.31. The number of rotatable bonds is 8. The third-order valence-electron chi connectivity index (χ3n) is 4.92. The standard InChI is InChI=1S/C24H21ClN2O5/c25-16-8-11-20-19(13-16)23(28)27-22(26-20)14-31-17-9-6-15(7-10-17)12-21(24(29)30)32-18-4-2-1-3-5-18/h1-11,13,21-22,26H,12,14H2,(H,27,28)(H,29,30). The van der Waals surface area contributed by atoms with Crippen LogP contribution in [0.2, 0.25) is 5.02 Å². The van der Waals surface area contributed by atoms with Crippen LogP contribution < -0.4 is 20.1 Å². The van der Waals surface area contributed by atoms with Crippen molar-refractivity contribution >= 4 is 29.2 Å². The summed E-state index contributed by atoms with van der Waals surface area (Å²) in [7, 11) is 0. The van der Waals surface area contributed by atoms with Crippen LogP contribution in [0, 0.1) is 0 Å². The van der Waals surface area contributed by atoms with E-state index in [0.717, 1.165) is 5.56 Å². The molecule has 3 aromatic rings. The second-order valence-electron chi connectivity index (χ2n) is 7.28. The average Bonchev–Trinajstić information content (AvgIpc) is 2.79. The molecule has 0 aromatic heterocycles. The van der Waals surface area contributed by atoms with Crippen molar-refractivity contribution in [2.75, 3.05) is 11.9 Å². The van der Waals surface area contributed by atoms with Crippen molar-refractivity contribution in [1.82, 2.24) is 5.32 Å². The predicted molar refractivity (Wildman–Crippen MR) is 120 cm³/mol. The van der Waals surface area contributed by atoms with Crippen LogP contribution >= 0.6 is 11.6 Å². The van der Waals surface area contributed by atoms with Gasteiger partial charge in [0, 0.05) is 17.1 Å². The monoisotopic (exact) mass is 452 g/mol. The zero-order valence-electron chi connectivity index (χ0n) is 17.0. The summed E-state index contributed by atoms with van der Waals surface area (Å²) in [5.74, 6) is -0.147. The Labute approximate surface area is 189 Å². The number of fused-ring (bicyclic) bond motifs is 1. The first-order chi connectivity index (χ1) is 15.5. The highest BCUT2D eigenvalue weighted by Crippen LogP contribution is 2.24. The Kier molecular flexibility index (Phi) is 6.47. The number of carboxylic acid groups (broad SMARTS) is 1. The average molecular weight is 453 g/mol. The van der Waals surface area contributed by atoms with E-state index >= 15 is 0 Å². The number of amides is 1. The molecule has 1 heterocycles. The van der Waals surface area contributed by atoms with E-state index in [1.165, 1.54) is 0 Å². The van der Waals surface area contributed by atoms with E-state index in [0.29, 0.717) is 27.8 Å². The number of nitrogens with one attached hydrogen (secondary N) is 2. The van der Waals surface area contributed by atoms with Gasteiger partial charge in [-0.05, 0) is 48.0 Å². The number of halogens is 1. The Morgan fingerprint density at radius 1 is 1.00 bits per heavy atom. The third-order valence-corrected chi connectivity index (χ3v) is 5.15. The Morgan fingerprint density at radius 2 is 1.75 bits per heavy atom. The molecular formula is C24H21ClN2O5. The number of hydrogen-bond acceptors (Lipinski definition) is 5. The number of carbonyl (C=O) groups is 2. The number of carbonyl (C=O) groups excluding carboxylic acids is 1. The second-order valence-corrected chi connectivity index (χ2v) is 7.71. The fourth-order valence-corrected chi connectivity index (χ4v) is 3.50. The van der Waals surface area contributed by atoms with Gasteiger partial charge in [0.15, 0.2) is 6.10 Å². The molecule has 0 bridgehead atoms. The van der Waals surface area contributed by atoms with Crippen LogP contribution in [0.15, 0.2) is 72.8 Å². The van der Waals surface area contributed by atoms with Gasteiger partial charge in [0.1, 0.15) is 24.3 Å². The molecule has 0 saturated heterocycles. The van der Waals surface area contributed by atoms with Crippen molar-refractivity contribution in [2.45, 2.75) is 18.7 Å². The van der Waals surface area contributed by atoms with E-state index in [9.17, 15) is 14.7 Å². The fraction of sp³-hybridized carbons (Fsp3) is 0.167. The molecule has 1 amide bonds. The molecule has 7 nitrogen and oxygen atoms in total. The topological polar surface area (TPSA) is 96.9 Å². The number of ether oxygens (including phenoxy) is 2. The summed E-state index contributed by atoms with van der Waals surface area (Å²) in [5, 5.41) is 16.0. The molecule has 0 radical (unpaired) electrons. The second kappa shape index (κ2) is 9.62. The van der Waals surface area contributed by atoms with Gasteiger partial charge in [-0.3, -0.25) is 4.79 Å². The lowest BCUT2D eigenvalue weighted by Crippen LogP contribution is -2.48. The summed E-state index contributed by atoms with van der Waals surface area (Å²) >= 11 is 5.95. The molecule has 3 N–H and O–H groups in total. The van der Waals surface area contributed by atoms with E-state index < -0.39 is 18.2 Å². The molecule has 2 atom stereocenters. The van der Waals surface area contributed by atoms with E-state index in [4.69, 9.17) is 21.1 Å². The Morgan fingerprint density at radius 3 is 2.47 bits per heavy atom. The number of hydrogen-bond donors (Lipinski definition) is 3. The molecule has 2 unspecified atom stereocenters. The van der Waals surface area contributed by atoms with Crippen LogP contribution in [0.4, 0.5) is 5.69 Å². The maximum atomic E-state index is 12.3. The van der Waals surface area contributed by atoms with E-state index in [1.807, 2.05) is 6.07 Å². The van der Waals surface area contributed by atoms with Crippen molar-refractivity contribution in [2.24, 2.45) is 0 Å². The van der Waals surface area contributed by atoms with Crippen LogP contribution in [-0.2, 0) is 11.2 Å². The number of carboxylic acids is 1. The number of para-hydroxylation sites is 1. The minimum atomic E-state index is -1.03. The minimum absolute atomic E-state index is 0.210. The molecule has 3 aromatic carbocycles. The maximum absolute atomic E-state index is 12.3. The molecule has 0 aliphatic carbocycles. The van der Waals surface area contributed by atoms with Crippen molar-refractivity contribution in [1.29, 1.82) is 0 Å². The molecule has 0 saturated carbocycles. The smallest absolute Gasteiger partial charge is 0.345 e. The lowest BCUT2D eigenvalue weighted by Gasteiger charge is -2.27. The summed E-state index contributed by atoms with van der Waals surface area (Å²) in [6.45, 7) is 0.210. The lowest BCUT2D eigenvalue weighted by atomic mass is 10.1. The van der Waals surface area contributed by atoms with Gasteiger partial charge in [0.2, 0.25) is 0 Å². The van der Waals surface area contributed by atoms with Crippen LogP contribution in [0.5, 0.6) is 11.5 Å². The van der Waals surface area contributed by atoms with Crippen LogP contribution in [-0.4, -0.2) is 35.9 Å². The zero-order chi connectivity index (χ0) is 22.5. The molecule has 32 heavy (non-hydrogen) atoms. The Bertz CT molecular complexity index is 1110. The van der Waals surface area contributed by atoms with Gasteiger partial charge in [0.25, 0.3) is 5.91 Å². The Balaban J connectivity index is 1.33. The predicted octanol–water partition coefficient (Wildman–Crippen LogP) is 3.98. The van der Waals surface area contributed by atoms with Gasteiger partial charge in [-0.2, -0.15) is 0 Å². The number of benzene rings is 3. The molecule has 1 aliphatic heterocycles. The van der Waals surface area contributed by atoms with Crippen molar-refractivity contribution < 1.29 is 24.2 Å². The molecule has 0 spiro atoms. The molecule has 8 heteroatoms. The summed E-state index contributed by atoms with van der Waals surface area (Å²) < 4.78 is 11.4. The van der Waals surface area contributed by atoms with Gasteiger partial charge in [-0.25, -0.2) is 4.79 Å². The number of anilines is 1. The molecular weight excluding hydrogens is 432 g/mol. The maximum Gasteiger partial charge on any atom is 0.345 e. The van der Waals surface area contributed by atoms with Gasteiger partial charge in [0.05, 0.1) is 5.56 Å². The molecule has 0 fully saturated rings. The number of aliphatic carboxylic acids is 1. The first-order valence-corrected chi connectivity index (χ1v) is 10.4. The van der Waals surface area contributed by atoms with E-state index in [1.54, 1.807) is 66.7 Å². The van der Waals surface area contributed by atoms with Gasteiger partial charge >= 0.3 is 5.97 Å². The summed E-state index contributed by atoms with van der Waals surface area (Å²) in [6.07, 6.45) is -1.18. The zero-order valence-corrected chi connectivity index (χ0v) is 17.7. The van der Waals surface area contributed by atoms with Crippen LogP contribution in [0.3, 0.4) is 0 Å². The van der Waals surface area contributed by atoms with Gasteiger partial charge in [-0.15, -0.1) is 0 Å². The summed E-state index contributed by atoms with van der Waals surface area (Å²) in [4.78, 5) is 23.9. The SMILES string of the molecule is O=C1NC(COc2ccc(CC(Oc3ccccc3)C(=O)O)cc2)Nc2ccc(Cl)cc21. The largest absolute Gasteiger partial charge is 0.489 e. The van der Waals surface area contributed by atoms with E-state index in [-0.39, 0.29) is 18.9 Å². The molecule has 164 valence electrons. The van der Waals surface area contributed by atoms with Gasteiger partial charge in [-0.1, -0.05) is 41.9 Å². The van der Waals surface area contributed by atoms with Crippen molar-refractivity contribution in [3.63, 3.8) is 0 Å². The normalized spacial score (nSPS) is 15.7. The van der Waals surface area contributed by atoms with Crippen LogP contribution in [0.1, 0.15) is 15.9 Å². The summed E-state index contributed by atoms with van der Waals surface area (Å²) in [6, 6.07) is 21.1. The first-order valence-electron chi connectivity index (χ1n) is 10.0. The quantitative estimate of drug-likeness (QED) is 0.478. The molecule has 1 aliphatic rings. The van der Waals surface area contributed by atoms with E-state index in [2.05, 4.69) is 10.6 Å². The summed E-state index contributed by atoms with van der Waals surface area (Å²) in [5.41, 5.74) is 1.99. The first kappa shape index (κ1) is 21.5. The van der Waals surface area contributed by atoms with Crippen molar-refractivity contribution in [3.05, 3.63) is 88.9 Å². The van der Waals surface area contributed by atoms with Crippen molar-refractivity contribution in [3.8, 4) is 11.5 Å². The highest BCUT2D eigenvalue weighted by Gasteiger charge is 2.24. The fourth-order valence-electron chi connectivity index (χ4n) is 3.33. The van der Waals surface area contributed by atoms with Crippen LogP contribution in [0.25, 0.3) is 0 Å². The minimum Gasteiger partial charge on any atom is -0.489 e.